The minimum atomic E-state index is -0.314. The van der Waals surface area contributed by atoms with Gasteiger partial charge in [-0.1, -0.05) is 41.6 Å². The van der Waals surface area contributed by atoms with E-state index in [0.29, 0.717) is 28.8 Å². The number of nitrogens with one attached hydrogen (secondary N) is 2. The van der Waals surface area contributed by atoms with Crippen molar-refractivity contribution in [2.75, 3.05) is 27.4 Å². The Balaban J connectivity index is 1.69. The van der Waals surface area contributed by atoms with Crippen molar-refractivity contribution in [1.29, 1.82) is 0 Å². The molecule has 142 valence electrons. The van der Waals surface area contributed by atoms with Gasteiger partial charge in [-0.15, -0.1) is 0 Å². The predicted octanol–water partition coefficient (Wildman–Crippen LogP) is 3.24. The molecule has 0 aliphatic carbocycles. The largest absolute Gasteiger partial charge is 0.493 e. The molecule has 27 heavy (non-hydrogen) atoms. The second-order valence-corrected chi connectivity index (χ2v) is 5.71. The highest BCUT2D eigenvalue weighted by Crippen LogP contribution is 2.27. The highest BCUT2D eigenvalue weighted by molar-refractivity contribution is 6.32. The van der Waals surface area contributed by atoms with Crippen LogP contribution in [0.2, 0.25) is 5.02 Å². The SMILES string of the molecule is COc1ccc(CNC(=O)NCC#CCOc2ccccc2Cl)cc1OC. The molecule has 0 aromatic heterocycles. The van der Waals surface area contributed by atoms with Gasteiger partial charge in [0, 0.05) is 6.54 Å². The summed E-state index contributed by atoms with van der Waals surface area (Å²) < 4.78 is 15.8. The Kier molecular flexibility index (Phi) is 8.14. The number of carbonyl (C=O) groups is 1. The molecular formula is C20H21ClN2O4. The zero-order valence-corrected chi connectivity index (χ0v) is 15.9. The van der Waals surface area contributed by atoms with Crippen molar-refractivity contribution < 1.29 is 19.0 Å². The summed E-state index contributed by atoms with van der Waals surface area (Å²) in [6.45, 7) is 0.761. The number of hydrogen-bond acceptors (Lipinski definition) is 4. The van der Waals surface area contributed by atoms with Crippen LogP contribution in [0.4, 0.5) is 4.79 Å². The first-order valence-electron chi connectivity index (χ1n) is 8.19. The highest BCUT2D eigenvalue weighted by Gasteiger charge is 2.05. The fourth-order valence-corrected chi connectivity index (χ4v) is 2.34. The van der Waals surface area contributed by atoms with Crippen LogP contribution in [0.25, 0.3) is 0 Å². The van der Waals surface area contributed by atoms with Gasteiger partial charge in [-0.2, -0.15) is 0 Å². The van der Waals surface area contributed by atoms with Crippen molar-refractivity contribution in [2.45, 2.75) is 6.54 Å². The maximum atomic E-state index is 11.8. The summed E-state index contributed by atoms with van der Waals surface area (Å²) in [5.74, 6) is 7.45. The molecule has 0 atom stereocenters. The summed E-state index contributed by atoms with van der Waals surface area (Å²) in [7, 11) is 3.14. The second kappa shape index (κ2) is 10.8. The summed E-state index contributed by atoms with van der Waals surface area (Å²) in [4.78, 5) is 11.8. The average Bonchev–Trinajstić information content (AvgIpc) is 2.70. The normalized spacial score (nSPS) is 9.59. The molecule has 2 aromatic carbocycles. The summed E-state index contributed by atoms with van der Waals surface area (Å²) >= 11 is 5.97. The van der Waals surface area contributed by atoms with Crippen LogP contribution in [0.3, 0.4) is 0 Å². The zero-order chi connectivity index (χ0) is 19.5. The molecule has 0 unspecified atom stereocenters. The fraction of sp³-hybridized carbons (Fsp3) is 0.250. The minimum absolute atomic E-state index is 0.193. The van der Waals surface area contributed by atoms with Gasteiger partial charge in [0.25, 0.3) is 0 Å². The summed E-state index contributed by atoms with van der Waals surface area (Å²) in [6, 6.07) is 12.3. The third-order valence-corrected chi connectivity index (χ3v) is 3.81. The molecule has 6 nitrogen and oxygen atoms in total. The van der Waals surface area contributed by atoms with Gasteiger partial charge in [-0.3, -0.25) is 0 Å². The van der Waals surface area contributed by atoms with Crippen LogP contribution >= 0.6 is 11.6 Å². The first-order chi connectivity index (χ1) is 13.1. The van der Waals surface area contributed by atoms with Gasteiger partial charge >= 0.3 is 6.03 Å². The van der Waals surface area contributed by atoms with Crippen molar-refractivity contribution in [3.63, 3.8) is 0 Å². The monoisotopic (exact) mass is 388 g/mol. The average molecular weight is 389 g/mol. The lowest BCUT2D eigenvalue weighted by Gasteiger charge is -2.10. The molecule has 2 rings (SSSR count). The number of para-hydroxylation sites is 1. The van der Waals surface area contributed by atoms with Gasteiger partial charge in [0.2, 0.25) is 0 Å². The number of halogens is 1. The molecule has 0 radical (unpaired) electrons. The molecule has 2 amide bonds. The van der Waals surface area contributed by atoms with Gasteiger partial charge in [0.05, 0.1) is 25.8 Å². The topological polar surface area (TPSA) is 68.8 Å². The number of ether oxygens (including phenoxy) is 3. The highest BCUT2D eigenvalue weighted by atomic mass is 35.5. The molecule has 0 aliphatic rings. The van der Waals surface area contributed by atoms with E-state index in [4.69, 9.17) is 25.8 Å². The van der Waals surface area contributed by atoms with E-state index in [0.717, 1.165) is 5.56 Å². The van der Waals surface area contributed by atoms with E-state index in [9.17, 15) is 4.79 Å². The van der Waals surface area contributed by atoms with E-state index in [1.807, 2.05) is 24.3 Å². The van der Waals surface area contributed by atoms with Crippen LogP contribution in [0.5, 0.6) is 17.2 Å². The Morgan fingerprint density at radius 3 is 2.52 bits per heavy atom. The molecule has 0 spiro atoms. The maximum absolute atomic E-state index is 11.8. The standard InChI is InChI=1S/C20H21ClN2O4/c1-25-18-10-9-15(13-19(18)26-2)14-23-20(24)22-11-5-6-12-27-17-8-4-3-7-16(17)21/h3-4,7-10,13H,11-12,14H2,1-2H3,(H2,22,23,24). The third kappa shape index (κ3) is 6.65. The molecule has 2 aromatic rings. The maximum Gasteiger partial charge on any atom is 0.315 e. The van der Waals surface area contributed by atoms with Gasteiger partial charge in [-0.25, -0.2) is 4.79 Å². The molecule has 0 saturated carbocycles. The van der Waals surface area contributed by atoms with Crippen LogP contribution in [-0.4, -0.2) is 33.4 Å². The predicted molar refractivity (Wildman–Crippen MR) is 105 cm³/mol. The van der Waals surface area contributed by atoms with Crippen molar-refractivity contribution in [1.82, 2.24) is 10.6 Å². The quantitative estimate of drug-likeness (QED) is 0.714. The lowest BCUT2D eigenvalue weighted by molar-refractivity contribution is 0.241. The van der Waals surface area contributed by atoms with Gasteiger partial charge in [0.1, 0.15) is 12.4 Å². The minimum Gasteiger partial charge on any atom is -0.493 e. The number of benzene rings is 2. The van der Waals surface area contributed by atoms with Crippen LogP contribution in [-0.2, 0) is 6.54 Å². The van der Waals surface area contributed by atoms with Crippen LogP contribution < -0.4 is 24.8 Å². The first kappa shape index (κ1) is 20.3. The van der Waals surface area contributed by atoms with Crippen molar-refractivity contribution in [2.24, 2.45) is 0 Å². The fourth-order valence-electron chi connectivity index (χ4n) is 2.15. The van der Waals surface area contributed by atoms with E-state index in [1.54, 1.807) is 32.4 Å². The Bertz CT molecular complexity index is 830. The Labute approximate surface area is 163 Å². The van der Waals surface area contributed by atoms with Gasteiger partial charge in [0.15, 0.2) is 11.5 Å². The smallest absolute Gasteiger partial charge is 0.315 e. The number of urea groups is 1. The van der Waals surface area contributed by atoms with E-state index in [1.165, 1.54) is 0 Å². The molecule has 0 fully saturated rings. The summed E-state index contributed by atoms with van der Waals surface area (Å²) in [5, 5.41) is 5.94. The van der Waals surface area contributed by atoms with Gasteiger partial charge in [-0.05, 0) is 29.8 Å². The van der Waals surface area contributed by atoms with E-state index < -0.39 is 0 Å². The molecule has 0 saturated heterocycles. The summed E-state index contributed by atoms with van der Waals surface area (Å²) in [5.41, 5.74) is 0.891. The van der Waals surface area contributed by atoms with Crippen molar-refractivity contribution in [3.8, 4) is 29.1 Å². The molecule has 7 heteroatoms. The van der Waals surface area contributed by atoms with Crippen LogP contribution in [0, 0.1) is 11.8 Å². The number of hydrogen-bond donors (Lipinski definition) is 2. The van der Waals surface area contributed by atoms with E-state index >= 15 is 0 Å². The van der Waals surface area contributed by atoms with Crippen LogP contribution in [0.1, 0.15) is 5.56 Å². The lowest BCUT2D eigenvalue weighted by Crippen LogP contribution is -2.35. The Hall–Kier alpha value is -3.04. The second-order valence-electron chi connectivity index (χ2n) is 5.30. The van der Waals surface area contributed by atoms with Gasteiger partial charge < -0.3 is 24.8 Å². The molecule has 2 N–H and O–H groups in total. The lowest BCUT2D eigenvalue weighted by atomic mass is 10.2. The molecule has 0 aliphatic heterocycles. The summed E-state index contributed by atoms with van der Waals surface area (Å²) in [6.07, 6.45) is 0. The van der Waals surface area contributed by atoms with E-state index in [-0.39, 0.29) is 19.2 Å². The van der Waals surface area contributed by atoms with Crippen molar-refractivity contribution in [3.05, 3.63) is 53.1 Å². The number of amides is 2. The Morgan fingerprint density at radius 2 is 1.78 bits per heavy atom. The van der Waals surface area contributed by atoms with Crippen molar-refractivity contribution >= 4 is 17.6 Å². The zero-order valence-electron chi connectivity index (χ0n) is 15.2. The number of methoxy groups -OCH3 is 2. The van der Waals surface area contributed by atoms with Crippen LogP contribution in [0.15, 0.2) is 42.5 Å². The molecule has 0 heterocycles. The number of carbonyl (C=O) groups excluding carboxylic acids is 1. The number of rotatable bonds is 7. The van der Waals surface area contributed by atoms with E-state index in [2.05, 4.69) is 22.5 Å². The first-order valence-corrected chi connectivity index (χ1v) is 8.57. The molecular weight excluding hydrogens is 368 g/mol. The molecule has 0 bridgehead atoms. The third-order valence-electron chi connectivity index (χ3n) is 3.50. The Morgan fingerprint density at radius 1 is 1.00 bits per heavy atom.